The number of hydrogen-bond acceptors (Lipinski definition) is 4. The van der Waals surface area contributed by atoms with Gasteiger partial charge in [0.2, 0.25) is 0 Å². The SMILES string of the molecule is COc1cc(CN(C)C(=O)c2ccc(CN)cc2)ccc1SC. The van der Waals surface area contributed by atoms with Gasteiger partial charge in [0, 0.05) is 30.6 Å². The van der Waals surface area contributed by atoms with E-state index in [1.165, 1.54) is 0 Å². The van der Waals surface area contributed by atoms with E-state index in [1.54, 1.807) is 30.8 Å². The number of nitrogens with two attached hydrogens (primary N) is 1. The molecule has 0 heterocycles. The van der Waals surface area contributed by atoms with Crippen LogP contribution in [0.4, 0.5) is 0 Å². The molecule has 0 aliphatic carbocycles. The van der Waals surface area contributed by atoms with Crippen molar-refractivity contribution >= 4 is 17.7 Å². The maximum absolute atomic E-state index is 12.5. The fourth-order valence-corrected chi connectivity index (χ4v) is 2.88. The van der Waals surface area contributed by atoms with Crippen molar-refractivity contribution in [2.45, 2.75) is 18.0 Å². The minimum atomic E-state index is -0.0125. The van der Waals surface area contributed by atoms with E-state index in [2.05, 4.69) is 0 Å². The third kappa shape index (κ3) is 4.27. The van der Waals surface area contributed by atoms with Crippen molar-refractivity contribution in [3.05, 3.63) is 59.2 Å². The van der Waals surface area contributed by atoms with Gasteiger partial charge in [-0.1, -0.05) is 18.2 Å². The van der Waals surface area contributed by atoms with Crippen LogP contribution in [-0.2, 0) is 13.1 Å². The molecule has 0 saturated carbocycles. The van der Waals surface area contributed by atoms with Gasteiger partial charge in [-0.15, -0.1) is 11.8 Å². The van der Waals surface area contributed by atoms with E-state index in [0.29, 0.717) is 18.7 Å². The van der Waals surface area contributed by atoms with E-state index in [9.17, 15) is 4.79 Å². The predicted octanol–water partition coefficient (Wildman–Crippen LogP) is 3.15. The molecule has 0 aliphatic heterocycles. The summed E-state index contributed by atoms with van der Waals surface area (Å²) in [5.74, 6) is 0.824. The number of benzene rings is 2. The normalized spacial score (nSPS) is 10.4. The first-order valence-corrected chi connectivity index (χ1v) is 8.57. The fourth-order valence-electron chi connectivity index (χ4n) is 2.33. The maximum Gasteiger partial charge on any atom is 0.253 e. The third-order valence-corrected chi connectivity index (χ3v) is 4.43. The molecule has 0 unspecified atom stereocenters. The molecule has 5 heteroatoms. The van der Waals surface area contributed by atoms with Crippen molar-refractivity contribution in [2.75, 3.05) is 20.4 Å². The molecule has 0 atom stereocenters. The number of amides is 1. The highest BCUT2D eigenvalue weighted by Gasteiger charge is 2.13. The van der Waals surface area contributed by atoms with Gasteiger partial charge in [-0.2, -0.15) is 0 Å². The van der Waals surface area contributed by atoms with Crippen molar-refractivity contribution in [3.8, 4) is 5.75 Å². The summed E-state index contributed by atoms with van der Waals surface area (Å²) in [6, 6.07) is 13.4. The molecular weight excluding hydrogens is 308 g/mol. The largest absolute Gasteiger partial charge is 0.496 e. The van der Waals surface area contributed by atoms with Gasteiger partial charge in [-0.25, -0.2) is 0 Å². The van der Waals surface area contributed by atoms with Gasteiger partial charge in [0.15, 0.2) is 0 Å². The Morgan fingerprint density at radius 3 is 2.39 bits per heavy atom. The van der Waals surface area contributed by atoms with E-state index in [-0.39, 0.29) is 5.91 Å². The van der Waals surface area contributed by atoms with E-state index < -0.39 is 0 Å². The second-order valence-electron chi connectivity index (χ2n) is 5.25. The second kappa shape index (κ2) is 8.04. The Kier molecular flexibility index (Phi) is 6.07. The van der Waals surface area contributed by atoms with Gasteiger partial charge >= 0.3 is 0 Å². The summed E-state index contributed by atoms with van der Waals surface area (Å²) in [6.45, 7) is 1.01. The molecule has 122 valence electrons. The molecule has 0 saturated heterocycles. The smallest absolute Gasteiger partial charge is 0.253 e. The summed E-state index contributed by atoms with van der Waals surface area (Å²) >= 11 is 1.64. The molecule has 0 radical (unpaired) electrons. The van der Waals surface area contributed by atoms with Crippen LogP contribution in [0.1, 0.15) is 21.5 Å². The van der Waals surface area contributed by atoms with Gasteiger partial charge < -0.3 is 15.4 Å². The summed E-state index contributed by atoms with van der Waals surface area (Å²) in [5, 5.41) is 0. The van der Waals surface area contributed by atoms with Gasteiger partial charge in [-0.3, -0.25) is 4.79 Å². The van der Waals surface area contributed by atoms with Gasteiger partial charge in [0.1, 0.15) is 5.75 Å². The average molecular weight is 330 g/mol. The summed E-state index contributed by atoms with van der Waals surface area (Å²) in [5.41, 5.74) is 8.30. The van der Waals surface area contributed by atoms with Crippen LogP contribution in [0.3, 0.4) is 0 Å². The lowest BCUT2D eigenvalue weighted by molar-refractivity contribution is 0.0785. The zero-order chi connectivity index (χ0) is 16.8. The predicted molar refractivity (Wildman–Crippen MR) is 94.9 cm³/mol. The Labute approximate surface area is 141 Å². The zero-order valence-corrected chi connectivity index (χ0v) is 14.5. The van der Waals surface area contributed by atoms with Gasteiger partial charge in [0.05, 0.1) is 7.11 Å². The number of carbonyl (C=O) groups is 1. The van der Waals surface area contributed by atoms with E-state index in [0.717, 1.165) is 21.8 Å². The van der Waals surface area contributed by atoms with Gasteiger partial charge in [0.25, 0.3) is 5.91 Å². The Bertz CT molecular complexity index is 671. The first kappa shape index (κ1) is 17.4. The number of methoxy groups -OCH3 is 1. The lowest BCUT2D eigenvalue weighted by Crippen LogP contribution is -2.26. The number of hydrogen-bond donors (Lipinski definition) is 1. The number of rotatable bonds is 6. The van der Waals surface area contributed by atoms with Crippen LogP contribution >= 0.6 is 11.8 Å². The Hall–Kier alpha value is -1.98. The highest BCUT2D eigenvalue weighted by molar-refractivity contribution is 7.98. The summed E-state index contributed by atoms with van der Waals surface area (Å²) in [4.78, 5) is 15.3. The number of ether oxygens (including phenoxy) is 1. The van der Waals surface area contributed by atoms with E-state index in [1.807, 2.05) is 48.7 Å². The van der Waals surface area contributed by atoms with Crippen molar-refractivity contribution in [2.24, 2.45) is 5.73 Å². The Morgan fingerprint density at radius 2 is 1.83 bits per heavy atom. The molecule has 0 aliphatic rings. The van der Waals surface area contributed by atoms with Crippen LogP contribution in [-0.4, -0.2) is 31.2 Å². The van der Waals surface area contributed by atoms with E-state index in [4.69, 9.17) is 10.5 Å². The Morgan fingerprint density at radius 1 is 1.17 bits per heavy atom. The molecule has 1 amide bonds. The quantitative estimate of drug-likeness (QED) is 0.827. The zero-order valence-electron chi connectivity index (χ0n) is 13.7. The minimum Gasteiger partial charge on any atom is -0.496 e. The topological polar surface area (TPSA) is 55.6 Å². The third-order valence-electron chi connectivity index (χ3n) is 3.65. The highest BCUT2D eigenvalue weighted by atomic mass is 32.2. The molecule has 23 heavy (non-hydrogen) atoms. The van der Waals surface area contributed by atoms with Crippen LogP contribution < -0.4 is 10.5 Å². The fraction of sp³-hybridized carbons (Fsp3) is 0.278. The molecule has 0 fully saturated rings. The van der Waals surface area contributed by atoms with Crippen LogP contribution in [0.15, 0.2) is 47.4 Å². The van der Waals surface area contributed by atoms with Crippen LogP contribution in [0, 0.1) is 0 Å². The highest BCUT2D eigenvalue weighted by Crippen LogP contribution is 2.28. The minimum absolute atomic E-state index is 0.0125. The van der Waals surface area contributed by atoms with Crippen LogP contribution in [0.25, 0.3) is 0 Å². The van der Waals surface area contributed by atoms with Crippen molar-refractivity contribution in [1.29, 1.82) is 0 Å². The molecule has 0 spiro atoms. The van der Waals surface area contributed by atoms with Gasteiger partial charge in [-0.05, 0) is 41.6 Å². The molecular formula is C18H22N2O2S. The molecule has 2 aromatic rings. The summed E-state index contributed by atoms with van der Waals surface area (Å²) < 4.78 is 5.39. The second-order valence-corrected chi connectivity index (χ2v) is 6.10. The number of carbonyl (C=O) groups excluding carboxylic acids is 1. The molecule has 2 N–H and O–H groups in total. The molecule has 0 bridgehead atoms. The number of nitrogens with zero attached hydrogens (tertiary/aromatic N) is 1. The Balaban J connectivity index is 2.11. The maximum atomic E-state index is 12.5. The standard InChI is InChI=1S/C18H22N2O2S/c1-20(18(21)15-7-4-13(11-19)5-8-15)12-14-6-9-17(23-3)16(10-14)22-2/h4-10H,11-12,19H2,1-3H3. The monoisotopic (exact) mass is 330 g/mol. The molecule has 0 aromatic heterocycles. The van der Waals surface area contributed by atoms with Crippen LogP contribution in [0.2, 0.25) is 0 Å². The van der Waals surface area contributed by atoms with Crippen molar-refractivity contribution < 1.29 is 9.53 Å². The van der Waals surface area contributed by atoms with Crippen molar-refractivity contribution in [1.82, 2.24) is 4.90 Å². The van der Waals surface area contributed by atoms with E-state index >= 15 is 0 Å². The first-order valence-electron chi connectivity index (χ1n) is 7.34. The first-order chi connectivity index (χ1) is 11.1. The summed E-state index contributed by atoms with van der Waals surface area (Å²) in [6.07, 6.45) is 2.01. The lowest BCUT2D eigenvalue weighted by atomic mass is 10.1. The average Bonchev–Trinajstić information content (AvgIpc) is 2.60. The van der Waals surface area contributed by atoms with Crippen LogP contribution in [0.5, 0.6) is 5.75 Å². The lowest BCUT2D eigenvalue weighted by Gasteiger charge is -2.18. The molecule has 2 aromatic carbocycles. The summed E-state index contributed by atoms with van der Waals surface area (Å²) in [7, 11) is 3.46. The molecule has 2 rings (SSSR count). The van der Waals surface area contributed by atoms with Crippen molar-refractivity contribution in [3.63, 3.8) is 0 Å². The molecule has 4 nitrogen and oxygen atoms in total. The number of thioether (sulfide) groups is 1.